The summed E-state index contributed by atoms with van der Waals surface area (Å²) in [7, 11) is 0. The first kappa shape index (κ1) is 24.0. The van der Waals surface area contributed by atoms with Crippen molar-refractivity contribution < 1.29 is 0 Å². The van der Waals surface area contributed by atoms with E-state index in [0.29, 0.717) is 5.56 Å². The molecule has 7 aromatic carbocycles. The van der Waals surface area contributed by atoms with Gasteiger partial charge in [0.15, 0.2) is 0 Å². The summed E-state index contributed by atoms with van der Waals surface area (Å²) in [6.45, 7) is 4.26. The van der Waals surface area contributed by atoms with Crippen molar-refractivity contribution in [2.24, 2.45) is 0 Å². The topological polar surface area (TPSA) is 27.0 Å². The second kappa shape index (κ2) is 8.68. The molecule has 200 valence electrons. The Balaban J connectivity index is 1.33. The van der Waals surface area contributed by atoms with Gasteiger partial charge in [-0.05, 0) is 128 Å². The molecule has 0 aliphatic heterocycles. The van der Waals surface area contributed by atoms with Gasteiger partial charge in [-0.1, -0.05) is 83.9 Å². The lowest BCUT2D eigenvalue weighted by molar-refractivity contribution is 1.27. The van der Waals surface area contributed by atoms with Gasteiger partial charge >= 0.3 is 0 Å². The molecule has 0 saturated heterocycles. The largest absolute Gasteiger partial charge is 0.310 e. The Kier molecular flexibility index (Phi) is 4.84. The van der Waals surface area contributed by atoms with Crippen molar-refractivity contribution in [3.63, 3.8) is 0 Å². The Labute approximate surface area is 250 Å². The summed E-state index contributed by atoms with van der Waals surface area (Å²) in [6.07, 6.45) is 0. The van der Waals surface area contributed by atoms with Gasteiger partial charge in [0, 0.05) is 17.1 Å². The van der Waals surface area contributed by atoms with E-state index in [1.807, 2.05) is 6.07 Å². The highest BCUT2D eigenvalue weighted by molar-refractivity contribution is 6.34. The molecule has 0 heterocycles. The van der Waals surface area contributed by atoms with Gasteiger partial charge in [-0.15, -0.1) is 0 Å². The van der Waals surface area contributed by atoms with Gasteiger partial charge in [0.1, 0.15) is 0 Å². The van der Waals surface area contributed by atoms with Gasteiger partial charge in [-0.3, -0.25) is 0 Å². The highest BCUT2D eigenvalue weighted by Gasteiger charge is 2.32. The summed E-state index contributed by atoms with van der Waals surface area (Å²) in [6, 6.07) is 46.4. The number of nitriles is 1. The van der Waals surface area contributed by atoms with Gasteiger partial charge in [0.2, 0.25) is 0 Å². The minimum absolute atomic E-state index is 0.697. The first-order chi connectivity index (χ1) is 21.1. The molecule has 0 fully saturated rings. The van der Waals surface area contributed by atoms with Gasteiger partial charge in [-0.25, -0.2) is 0 Å². The fraction of sp³-hybridized carbons (Fsp3) is 0.0488. The summed E-state index contributed by atoms with van der Waals surface area (Å²) in [5.74, 6) is 0. The quantitative estimate of drug-likeness (QED) is 0.206. The SMILES string of the molecule is Cc1ccc(N(c2ccc(C)cc2)c2ccc3c(c2)-c2ccc4c5c(c6ccccc6c-3c25)-c2cc(C#N)ccc2-4)cc1. The van der Waals surface area contributed by atoms with Gasteiger partial charge < -0.3 is 4.90 Å². The molecule has 0 aromatic heterocycles. The molecule has 2 aliphatic rings. The zero-order valence-corrected chi connectivity index (χ0v) is 23.9. The Bertz CT molecular complexity index is 2310. The smallest absolute Gasteiger partial charge is 0.0991 e. The molecule has 43 heavy (non-hydrogen) atoms. The molecule has 0 bridgehead atoms. The molecule has 7 aromatic rings. The number of anilines is 3. The maximum atomic E-state index is 9.72. The Morgan fingerprint density at radius 2 is 0.977 bits per heavy atom. The van der Waals surface area contributed by atoms with Crippen molar-refractivity contribution in [3.05, 3.63) is 138 Å². The number of rotatable bonds is 3. The Morgan fingerprint density at radius 3 is 1.58 bits per heavy atom. The number of hydrogen-bond donors (Lipinski definition) is 0. The molecule has 0 radical (unpaired) electrons. The third kappa shape index (κ3) is 3.28. The standard InChI is InChI=1S/C41H26N2/c1-24-7-12-27(13-8-24)43(28-14-9-25(2)10-15-28)29-16-18-34-36(22-29)35-20-19-33-30-17-11-26(23-42)21-37(30)39-32-6-4-3-5-31(32)38(34)41(35)40(33)39/h3-22H,1-2H3. The lowest BCUT2D eigenvalue weighted by Gasteiger charge is -2.26. The van der Waals surface area contributed by atoms with E-state index in [2.05, 4.69) is 140 Å². The van der Waals surface area contributed by atoms with E-state index >= 15 is 0 Å². The van der Waals surface area contributed by atoms with Gasteiger partial charge in [0.25, 0.3) is 0 Å². The number of aryl methyl sites for hydroxylation is 2. The van der Waals surface area contributed by atoms with E-state index < -0.39 is 0 Å². The van der Waals surface area contributed by atoms with E-state index in [1.54, 1.807) is 0 Å². The molecule has 9 rings (SSSR count). The van der Waals surface area contributed by atoms with Crippen molar-refractivity contribution >= 4 is 38.6 Å². The van der Waals surface area contributed by atoms with Crippen molar-refractivity contribution in [2.75, 3.05) is 4.90 Å². The number of fused-ring (bicyclic) bond motifs is 9. The van der Waals surface area contributed by atoms with Gasteiger partial charge in [-0.2, -0.15) is 5.26 Å². The molecular weight excluding hydrogens is 520 g/mol. The molecule has 0 saturated carbocycles. The van der Waals surface area contributed by atoms with E-state index in [1.165, 1.54) is 71.6 Å². The van der Waals surface area contributed by atoms with Crippen molar-refractivity contribution in [1.29, 1.82) is 5.26 Å². The second-order valence-electron chi connectivity index (χ2n) is 11.8. The van der Waals surface area contributed by atoms with Crippen molar-refractivity contribution in [3.8, 4) is 50.6 Å². The van der Waals surface area contributed by atoms with Crippen LogP contribution in [0.25, 0.3) is 66.1 Å². The van der Waals surface area contributed by atoms with E-state index in [4.69, 9.17) is 0 Å². The zero-order chi connectivity index (χ0) is 28.8. The van der Waals surface area contributed by atoms with Crippen LogP contribution in [-0.2, 0) is 0 Å². The monoisotopic (exact) mass is 546 g/mol. The number of hydrogen-bond acceptors (Lipinski definition) is 2. The minimum Gasteiger partial charge on any atom is -0.310 e. The van der Waals surface area contributed by atoms with Crippen LogP contribution in [0.5, 0.6) is 0 Å². The highest BCUT2D eigenvalue weighted by atomic mass is 15.1. The predicted octanol–water partition coefficient (Wildman–Crippen LogP) is 11.2. The third-order valence-electron chi connectivity index (χ3n) is 9.28. The van der Waals surface area contributed by atoms with Crippen LogP contribution >= 0.6 is 0 Å². The van der Waals surface area contributed by atoms with Crippen molar-refractivity contribution in [2.45, 2.75) is 13.8 Å². The third-order valence-corrected chi connectivity index (χ3v) is 9.28. The average Bonchev–Trinajstić information content (AvgIpc) is 3.55. The van der Waals surface area contributed by atoms with Crippen LogP contribution in [0, 0.1) is 25.2 Å². The molecule has 2 aliphatic carbocycles. The van der Waals surface area contributed by atoms with E-state index in [-0.39, 0.29) is 0 Å². The van der Waals surface area contributed by atoms with Crippen LogP contribution in [0.4, 0.5) is 17.1 Å². The summed E-state index contributed by atoms with van der Waals surface area (Å²) < 4.78 is 0. The number of nitrogens with zero attached hydrogens (tertiary/aromatic N) is 2. The lowest BCUT2D eigenvalue weighted by atomic mass is 9.90. The molecule has 0 N–H and O–H groups in total. The molecule has 0 amide bonds. The Hall–Kier alpha value is -5.65. The molecular formula is C41H26N2. The fourth-order valence-corrected chi connectivity index (χ4v) is 7.32. The second-order valence-corrected chi connectivity index (χ2v) is 11.8. The molecule has 0 unspecified atom stereocenters. The average molecular weight is 547 g/mol. The molecule has 0 atom stereocenters. The summed E-state index contributed by atoms with van der Waals surface area (Å²) in [4.78, 5) is 2.36. The normalized spacial score (nSPS) is 11.9. The predicted molar refractivity (Wildman–Crippen MR) is 179 cm³/mol. The van der Waals surface area contributed by atoms with Gasteiger partial charge in [0.05, 0.1) is 11.6 Å². The van der Waals surface area contributed by atoms with Crippen molar-refractivity contribution in [1.82, 2.24) is 0 Å². The van der Waals surface area contributed by atoms with Crippen LogP contribution in [-0.4, -0.2) is 0 Å². The maximum Gasteiger partial charge on any atom is 0.0991 e. The molecule has 2 nitrogen and oxygen atoms in total. The number of benzene rings is 7. The molecule has 2 heteroatoms. The maximum absolute atomic E-state index is 9.72. The minimum atomic E-state index is 0.697. The molecule has 0 spiro atoms. The summed E-state index contributed by atoms with van der Waals surface area (Å²) >= 11 is 0. The fourth-order valence-electron chi connectivity index (χ4n) is 7.32. The van der Waals surface area contributed by atoms with Crippen LogP contribution < -0.4 is 4.90 Å². The zero-order valence-electron chi connectivity index (χ0n) is 23.9. The first-order valence-electron chi connectivity index (χ1n) is 14.8. The van der Waals surface area contributed by atoms with E-state index in [0.717, 1.165) is 22.6 Å². The summed E-state index contributed by atoms with van der Waals surface area (Å²) in [5.41, 5.74) is 16.6. The Morgan fingerprint density at radius 1 is 0.465 bits per heavy atom. The van der Waals surface area contributed by atoms with Crippen LogP contribution in [0.15, 0.2) is 121 Å². The van der Waals surface area contributed by atoms with Crippen LogP contribution in [0.2, 0.25) is 0 Å². The first-order valence-corrected chi connectivity index (χ1v) is 14.8. The summed E-state index contributed by atoms with van der Waals surface area (Å²) in [5, 5.41) is 14.9. The van der Waals surface area contributed by atoms with Crippen LogP contribution in [0.1, 0.15) is 16.7 Å². The highest BCUT2D eigenvalue weighted by Crippen LogP contribution is 2.60. The lowest BCUT2D eigenvalue weighted by Crippen LogP contribution is -2.10. The van der Waals surface area contributed by atoms with E-state index in [9.17, 15) is 5.26 Å². The van der Waals surface area contributed by atoms with Crippen LogP contribution in [0.3, 0.4) is 0 Å².